The van der Waals surface area contributed by atoms with E-state index in [1.54, 1.807) is 25.3 Å². The summed E-state index contributed by atoms with van der Waals surface area (Å²) in [5.41, 5.74) is 1.91. The Balaban J connectivity index is 1.35. The number of carbonyl (C=O) groups is 1. The smallest absolute Gasteiger partial charge is 0.334 e. The summed E-state index contributed by atoms with van der Waals surface area (Å²) < 4.78 is 36.9. The number of fused-ring (bicyclic) bond motifs is 1. The molecule has 12 heteroatoms. The highest BCUT2D eigenvalue weighted by Gasteiger charge is 2.26. The van der Waals surface area contributed by atoms with Gasteiger partial charge in [0.1, 0.15) is 22.9 Å². The van der Waals surface area contributed by atoms with Gasteiger partial charge in [-0.25, -0.2) is 33.5 Å². The second kappa shape index (κ2) is 10.4. The van der Waals surface area contributed by atoms with E-state index in [1.165, 1.54) is 6.07 Å². The number of imidazole rings is 1. The van der Waals surface area contributed by atoms with Crippen molar-refractivity contribution in [2.45, 2.75) is 39.5 Å². The third kappa shape index (κ3) is 5.18. The van der Waals surface area contributed by atoms with Gasteiger partial charge >= 0.3 is 5.97 Å². The topological polar surface area (TPSA) is 118 Å². The number of aliphatic carboxylic acids is 1. The molecule has 1 aromatic carbocycles. The minimum absolute atomic E-state index is 0.0398. The Bertz CT molecular complexity index is 1490. The molecule has 4 aromatic rings. The number of carboxylic acids is 1. The molecule has 38 heavy (non-hydrogen) atoms. The van der Waals surface area contributed by atoms with Gasteiger partial charge in [0, 0.05) is 37.4 Å². The van der Waals surface area contributed by atoms with Crippen LogP contribution in [0.2, 0.25) is 0 Å². The molecule has 5 rings (SSSR count). The molecule has 3 aromatic heterocycles. The normalized spacial score (nSPS) is 16.3. The minimum Gasteiger partial charge on any atom is -0.479 e. The summed E-state index contributed by atoms with van der Waals surface area (Å²) in [6.07, 6.45) is 1.85. The third-order valence-electron chi connectivity index (χ3n) is 6.36. The lowest BCUT2D eigenvalue weighted by Crippen LogP contribution is -2.45. The Labute approximate surface area is 217 Å². The molecule has 0 spiro atoms. The number of morpholine rings is 1. The van der Waals surface area contributed by atoms with E-state index in [4.69, 9.17) is 4.74 Å². The zero-order chi connectivity index (χ0) is 27.0. The number of ether oxygens (including phenoxy) is 1. The van der Waals surface area contributed by atoms with Crippen molar-refractivity contribution in [3.05, 3.63) is 59.7 Å². The number of halogens is 2. The van der Waals surface area contributed by atoms with Crippen LogP contribution in [0.25, 0.3) is 22.3 Å². The Kier molecular flexibility index (Phi) is 7.00. The highest BCUT2D eigenvalue weighted by atomic mass is 19.1. The molecule has 10 nitrogen and oxygen atoms in total. The summed E-state index contributed by atoms with van der Waals surface area (Å²) in [5, 5.41) is 12.1. The zero-order valence-electron chi connectivity index (χ0n) is 21.2. The molecule has 0 saturated carbocycles. The van der Waals surface area contributed by atoms with Crippen molar-refractivity contribution >= 4 is 28.8 Å². The van der Waals surface area contributed by atoms with E-state index in [1.807, 2.05) is 29.4 Å². The van der Waals surface area contributed by atoms with Crippen LogP contribution >= 0.6 is 0 Å². The molecule has 1 aliphatic rings. The van der Waals surface area contributed by atoms with E-state index >= 15 is 0 Å². The molecule has 0 unspecified atom stereocenters. The van der Waals surface area contributed by atoms with Crippen molar-refractivity contribution in [1.29, 1.82) is 0 Å². The second-order valence-electron chi connectivity index (χ2n) is 9.45. The molecule has 0 aliphatic carbocycles. The van der Waals surface area contributed by atoms with Gasteiger partial charge in [0.25, 0.3) is 0 Å². The largest absolute Gasteiger partial charge is 0.479 e. The average molecular weight is 524 g/mol. The van der Waals surface area contributed by atoms with Crippen LogP contribution < -0.4 is 5.32 Å². The first-order valence-electron chi connectivity index (χ1n) is 12.2. The van der Waals surface area contributed by atoms with Crippen molar-refractivity contribution in [3.8, 4) is 11.3 Å². The van der Waals surface area contributed by atoms with Crippen molar-refractivity contribution in [3.63, 3.8) is 0 Å². The van der Waals surface area contributed by atoms with Crippen LogP contribution in [0.1, 0.15) is 31.3 Å². The maximum absolute atomic E-state index is 14.9. The van der Waals surface area contributed by atoms with Crippen LogP contribution in [-0.2, 0) is 16.1 Å². The van der Waals surface area contributed by atoms with E-state index in [0.29, 0.717) is 43.4 Å². The van der Waals surface area contributed by atoms with Crippen molar-refractivity contribution in [2.75, 3.05) is 25.0 Å². The number of benzene rings is 1. The number of nitrogens with one attached hydrogen (secondary N) is 1. The van der Waals surface area contributed by atoms with Gasteiger partial charge in [-0.1, -0.05) is 6.07 Å². The number of hydrogen-bond acceptors (Lipinski definition) is 8. The summed E-state index contributed by atoms with van der Waals surface area (Å²) in [6, 6.07) is 6.53. The maximum atomic E-state index is 14.9. The highest BCUT2D eigenvalue weighted by molar-refractivity contribution is 5.83. The fraction of sp³-hybridized carbons (Fsp3) is 0.346. The van der Waals surface area contributed by atoms with Crippen molar-refractivity contribution in [1.82, 2.24) is 29.4 Å². The fourth-order valence-electron chi connectivity index (χ4n) is 4.65. The number of nitrogens with zero attached hydrogens (tertiary/aromatic N) is 6. The molecule has 0 radical (unpaired) electrons. The molecule has 4 heterocycles. The average Bonchev–Trinajstić information content (AvgIpc) is 3.23. The summed E-state index contributed by atoms with van der Waals surface area (Å²) >= 11 is 0. The summed E-state index contributed by atoms with van der Waals surface area (Å²) in [4.78, 5) is 30.2. The third-order valence-corrected chi connectivity index (χ3v) is 6.36. The lowest BCUT2D eigenvalue weighted by Gasteiger charge is -2.30. The highest BCUT2D eigenvalue weighted by Crippen LogP contribution is 2.30. The van der Waals surface area contributed by atoms with Gasteiger partial charge in [-0.05, 0) is 44.5 Å². The van der Waals surface area contributed by atoms with E-state index in [-0.39, 0.29) is 28.8 Å². The molecule has 0 amide bonds. The van der Waals surface area contributed by atoms with Gasteiger partial charge in [-0.2, -0.15) is 0 Å². The maximum Gasteiger partial charge on any atom is 0.334 e. The fourth-order valence-corrected chi connectivity index (χ4v) is 4.65. The number of carboxylic acid groups (broad SMARTS) is 1. The molecule has 1 atom stereocenters. The predicted octanol–water partition coefficient (Wildman–Crippen LogP) is 4.08. The number of pyridine rings is 1. The van der Waals surface area contributed by atoms with Gasteiger partial charge in [0.15, 0.2) is 17.7 Å². The molecule has 2 N–H and O–H groups in total. The van der Waals surface area contributed by atoms with E-state index < -0.39 is 23.7 Å². The van der Waals surface area contributed by atoms with Crippen LogP contribution in [0, 0.1) is 18.6 Å². The molecule has 1 saturated heterocycles. The van der Waals surface area contributed by atoms with Gasteiger partial charge < -0.3 is 19.7 Å². The van der Waals surface area contributed by atoms with Crippen LogP contribution in [0.4, 0.5) is 20.5 Å². The SMILES string of the molecule is Cc1nc2c(F)cc(-c3nc(Nc4ccc(CN5CCO[C@@H](C(=O)O)C5)cn4)ncc3F)cc2n1C(C)C. The summed E-state index contributed by atoms with van der Waals surface area (Å²) in [5.74, 6) is -1.01. The quantitative estimate of drug-likeness (QED) is 0.369. The second-order valence-corrected chi connectivity index (χ2v) is 9.45. The van der Waals surface area contributed by atoms with Crippen LogP contribution in [0.5, 0.6) is 0 Å². The predicted molar refractivity (Wildman–Crippen MR) is 136 cm³/mol. The number of hydrogen-bond donors (Lipinski definition) is 2. The first-order chi connectivity index (χ1) is 18.2. The number of aromatic nitrogens is 5. The number of aryl methyl sites for hydroxylation is 1. The van der Waals surface area contributed by atoms with Gasteiger partial charge in [0.05, 0.1) is 18.3 Å². The van der Waals surface area contributed by atoms with Crippen LogP contribution in [0.3, 0.4) is 0 Å². The van der Waals surface area contributed by atoms with E-state index in [2.05, 4.69) is 25.3 Å². The Morgan fingerprint density at radius 1 is 1.18 bits per heavy atom. The lowest BCUT2D eigenvalue weighted by molar-refractivity contribution is -0.156. The molecule has 1 fully saturated rings. The minimum atomic E-state index is -0.977. The standard InChI is InChI=1S/C26H27F2N7O3/c1-14(2)35-15(3)31-24-18(27)8-17(9-20(24)35)23-19(28)11-30-26(33-23)32-22-5-4-16(10-29-22)12-34-6-7-38-21(13-34)25(36)37/h4-5,8-11,14,21H,6-7,12-13H2,1-3H3,(H,36,37)(H,29,30,32,33)/t21-/m1/s1. The lowest BCUT2D eigenvalue weighted by atomic mass is 10.1. The Morgan fingerprint density at radius 3 is 2.71 bits per heavy atom. The molecule has 1 aliphatic heterocycles. The monoisotopic (exact) mass is 523 g/mol. The van der Waals surface area contributed by atoms with Gasteiger partial charge in [-0.3, -0.25) is 4.90 Å². The first kappa shape index (κ1) is 25.6. The van der Waals surface area contributed by atoms with Crippen LogP contribution in [-0.4, -0.2) is 66.3 Å². The van der Waals surface area contributed by atoms with E-state index in [0.717, 1.165) is 11.8 Å². The van der Waals surface area contributed by atoms with E-state index in [9.17, 15) is 18.7 Å². The first-order valence-corrected chi connectivity index (χ1v) is 12.2. The van der Waals surface area contributed by atoms with Gasteiger partial charge in [-0.15, -0.1) is 0 Å². The molecular formula is C26H27F2N7O3. The summed E-state index contributed by atoms with van der Waals surface area (Å²) in [7, 11) is 0. The Morgan fingerprint density at radius 2 is 2.00 bits per heavy atom. The molecular weight excluding hydrogens is 496 g/mol. The zero-order valence-corrected chi connectivity index (χ0v) is 21.2. The molecule has 198 valence electrons. The number of anilines is 2. The number of rotatable bonds is 7. The summed E-state index contributed by atoms with van der Waals surface area (Å²) in [6.45, 7) is 7.54. The van der Waals surface area contributed by atoms with Crippen molar-refractivity contribution in [2.24, 2.45) is 0 Å². The van der Waals surface area contributed by atoms with Crippen LogP contribution in [0.15, 0.2) is 36.7 Å². The molecule has 0 bridgehead atoms. The van der Waals surface area contributed by atoms with Gasteiger partial charge in [0.2, 0.25) is 5.95 Å². The van der Waals surface area contributed by atoms with Crippen molar-refractivity contribution < 1.29 is 23.4 Å². The Hall–Kier alpha value is -4.03.